The molecule has 2 aliphatic heterocycles. The lowest BCUT2D eigenvalue weighted by molar-refractivity contribution is 0.210. The van der Waals surface area contributed by atoms with Crippen LogP contribution in [0, 0.1) is 11.7 Å². The van der Waals surface area contributed by atoms with Crippen LogP contribution in [0.15, 0.2) is 12.1 Å². The Bertz CT molecular complexity index is 852. The summed E-state index contributed by atoms with van der Waals surface area (Å²) in [5.41, 5.74) is 0.260. The number of nitrogens with zero attached hydrogens (tertiary/aromatic N) is 4. The maximum atomic E-state index is 14.6. The molecule has 0 amide bonds. The molecule has 3 atom stereocenters. The minimum absolute atomic E-state index is 0.222. The molecule has 3 heterocycles. The fourth-order valence-electron chi connectivity index (χ4n) is 4.29. The molecular weight excluding hydrogens is 381 g/mol. The minimum atomic E-state index is -0.449. The van der Waals surface area contributed by atoms with Crippen molar-refractivity contribution in [3.05, 3.63) is 23.0 Å². The number of ether oxygens (including phenoxy) is 1. The molecule has 0 radical (unpaired) electrons. The van der Waals surface area contributed by atoms with Crippen LogP contribution in [0.3, 0.4) is 0 Å². The van der Waals surface area contributed by atoms with Crippen LogP contribution in [0.5, 0.6) is 6.01 Å². The molecule has 4 rings (SSSR count). The first-order valence-corrected chi connectivity index (χ1v) is 10.2. The van der Waals surface area contributed by atoms with Crippen molar-refractivity contribution in [3.63, 3.8) is 0 Å². The van der Waals surface area contributed by atoms with Crippen LogP contribution in [0.1, 0.15) is 19.8 Å². The molecule has 8 heteroatoms. The highest BCUT2D eigenvalue weighted by molar-refractivity contribution is 6.31. The SMILES string of the molecule is CC(COc1nc(N2C[C@H]3CC[C@@H](C2)N3)c2cc(Cl)cc(F)c2n1)CN(C)C. The molecule has 152 valence electrons. The second-order valence-electron chi connectivity index (χ2n) is 8.33. The Labute approximate surface area is 170 Å². The first-order chi connectivity index (χ1) is 13.4. The summed E-state index contributed by atoms with van der Waals surface area (Å²) in [5.74, 6) is 0.568. The van der Waals surface area contributed by atoms with Crippen molar-refractivity contribution in [1.82, 2.24) is 20.2 Å². The molecule has 6 nitrogen and oxygen atoms in total. The van der Waals surface area contributed by atoms with E-state index in [-0.39, 0.29) is 11.5 Å². The summed E-state index contributed by atoms with van der Waals surface area (Å²) in [6, 6.07) is 4.15. The highest BCUT2D eigenvalue weighted by Crippen LogP contribution is 2.33. The lowest BCUT2D eigenvalue weighted by atomic mass is 10.1. The summed E-state index contributed by atoms with van der Waals surface area (Å²) in [7, 11) is 4.05. The number of aromatic nitrogens is 2. The van der Waals surface area contributed by atoms with Gasteiger partial charge < -0.3 is 19.9 Å². The first-order valence-electron chi connectivity index (χ1n) is 9.84. The van der Waals surface area contributed by atoms with Crippen molar-refractivity contribution in [2.45, 2.75) is 31.8 Å². The largest absolute Gasteiger partial charge is 0.463 e. The summed E-state index contributed by atoms with van der Waals surface area (Å²) < 4.78 is 20.5. The van der Waals surface area contributed by atoms with Gasteiger partial charge in [-0.2, -0.15) is 9.97 Å². The van der Waals surface area contributed by atoms with E-state index >= 15 is 0 Å². The molecule has 0 spiro atoms. The third-order valence-electron chi connectivity index (χ3n) is 5.37. The predicted octanol–water partition coefficient (Wildman–Crippen LogP) is 2.94. The fourth-order valence-corrected chi connectivity index (χ4v) is 4.49. The molecule has 0 aliphatic carbocycles. The lowest BCUT2D eigenvalue weighted by Gasteiger charge is -2.34. The zero-order valence-electron chi connectivity index (χ0n) is 16.6. The first kappa shape index (κ1) is 19.6. The molecule has 1 unspecified atom stereocenters. The molecular formula is C20H27ClFN5O. The number of hydrogen-bond acceptors (Lipinski definition) is 6. The van der Waals surface area contributed by atoms with Gasteiger partial charge in [-0.3, -0.25) is 0 Å². The highest BCUT2D eigenvalue weighted by atomic mass is 35.5. The predicted molar refractivity (Wildman–Crippen MR) is 110 cm³/mol. The van der Waals surface area contributed by atoms with E-state index in [9.17, 15) is 4.39 Å². The Balaban J connectivity index is 1.67. The average Bonchev–Trinajstić information content (AvgIpc) is 2.97. The number of piperazine rings is 1. The summed E-state index contributed by atoms with van der Waals surface area (Å²) in [6.45, 7) is 5.16. The van der Waals surface area contributed by atoms with Crippen molar-refractivity contribution in [2.24, 2.45) is 5.92 Å². The molecule has 2 aromatic rings. The van der Waals surface area contributed by atoms with Gasteiger partial charge in [-0.1, -0.05) is 18.5 Å². The third kappa shape index (κ3) is 4.16. The van der Waals surface area contributed by atoms with Gasteiger partial charge in [0.1, 0.15) is 11.3 Å². The number of nitrogens with one attached hydrogen (secondary N) is 1. The van der Waals surface area contributed by atoms with Crippen LogP contribution in [-0.2, 0) is 0 Å². The number of fused-ring (bicyclic) bond motifs is 3. The summed E-state index contributed by atoms with van der Waals surface area (Å²) in [4.78, 5) is 13.4. The van der Waals surface area contributed by atoms with Crippen LogP contribution >= 0.6 is 11.6 Å². The van der Waals surface area contributed by atoms with Gasteiger partial charge in [-0.25, -0.2) is 4.39 Å². The van der Waals surface area contributed by atoms with Gasteiger partial charge >= 0.3 is 6.01 Å². The van der Waals surface area contributed by atoms with Crippen LogP contribution < -0.4 is 15.0 Å². The minimum Gasteiger partial charge on any atom is -0.463 e. The van der Waals surface area contributed by atoms with Gasteiger partial charge in [-0.15, -0.1) is 0 Å². The average molecular weight is 408 g/mol. The van der Waals surface area contributed by atoms with Gasteiger partial charge in [0.25, 0.3) is 0 Å². The van der Waals surface area contributed by atoms with Gasteiger partial charge in [0.05, 0.1) is 6.61 Å². The standard InChI is InChI=1S/C20H27ClFN5O/c1-12(8-26(2)3)11-28-20-24-18-16(6-13(21)7-17(18)22)19(25-20)27-9-14-4-5-15(10-27)23-14/h6-7,12,14-15,23H,4-5,8-11H2,1-3H3/t12?,14-,15+. The van der Waals surface area contributed by atoms with Gasteiger partial charge in [0, 0.05) is 48.0 Å². The third-order valence-corrected chi connectivity index (χ3v) is 5.59. The molecule has 2 fully saturated rings. The van der Waals surface area contributed by atoms with Crippen molar-refractivity contribution >= 4 is 28.3 Å². The van der Waals surface area contributed by atoms with E-state index in [4.69, 9.17) is 16.3 Å². The Morgan fingerprint density at radius 3 is 2.68 bits per heavy atom. The van der Waals surface area contributed by atoms with E-state index < -0.39 is 5.82 Å². The molecule has 1 aromatic heterocycles. The van der Waals surface area contributed by atoms with Gasteiger partial charge in [0.15, 0.2) is 5.82 Å². The van der Waals surface area contributed by atoms with Crippen molar-refractivity contribution in [2.75, 3.05) is 45.2 Å². The van der Waals surface area contributed by atoms with E-state index in [0.29, 0.717) is 40.8 Å². The van der Waals surface area contributed by atoms with Crippen LogP contribution in [0.4, 0.5) is 10.2 Å². The van der Waals surface area contributed by atoms with Gasteiger partial charge in [0.2, 0.25) is 0 Å². The highest BCUT2D eigenvalue weighted by Gasteiger charge is 2.34. The van der Waals surface area contributed by atoms with Crippen LogP contribution in [0.2, 0.25) is 5.02 Å². The number of benzene rings is 1. The molecule has 2 aliphatic rings. The molecule has 2 bridgehead atoms. The Kier molecular flexibility index (Phi) is 5.58. The quantitative estimate of drug-likeness (QED) is 0.794. The van der Waals surface area contributed by atoms with Crippen molar-refractivity contribution < 1.29 is 9.13 Å². The van der Waals surface area contributed by atoms with Gasteiger partial charge in [-0.05, 0) is 39.1 Å². The second-order valence-corrected chi connectivity index (χ2v) is 8.77. The zero-order valence-corrected chi connectivity index (χ0v) is 17.3. The number of rotatable bonds is 6. The number of anilines is 1. The molecule has 2 saturated heterocycles. The summed E-state index contributed by atoms with van der Waals surface area (Å²) in [5, 5.41) is 4.60. The number of halogens is 2. The van der Waals surface area contributed by atoms with Crippen LogP contribution in [0.25, 0.3) is 10.9 Å². The summed E-state index contributed by atoms with van der Waals surface area (Å²) >= 11 is 6.13. The van der Waals surface area contributed by atoms with E-state index in [2.05, 4.69) is 32.0 Å². The maximum Gasteiger partial charge on any atom is 0.319 e. The monoisotopic (exact) mass is 407 g/mol. The summed E-state index contributed by atoms with van der Waals surface area (Å²) in [6.07, 6.45) is 2.31. The normalized spacial score (nSPS) is 22.9. The second kappa shape index (κ2) is 7.97. The lowest BCUT2D eigenvalue weighted by Crippen LogP contribution is -2.51. The topological polar surface area (TPSA) is 53.5 Å². The zero-order chi connectivity index (χ0) is 19.8. The molecule has 1 N–H and O–H groups in total. The number of hydrogen-bond donors (Lipinski definition) is 1. The molecule has 28 heavy (non-hydrogen) atoms. The Hall–Kier alpha value is -1.70. The molecule has 0 saturated carbocycles. The molecule has 1 aromatic carbocycles. The fraction of sp³-hybridized carbons (Fsp3) is 0.600. The van der Waals surface area contributed by atoms with E-state index in [1.54, 1.807) is 6.07 Å². The Morgan fingerprint density at radius 1 is 1.29 bits per heavy atom. The Morgan fingerprint density at radius 2 is 2.00 bits per heavy atom. The van der Waals surface area contributed by atoms with Crippen molar-refractivity contribution in [1.29, 1.82) is 0 Å². The van der Waals surface area contributed by atoms with Crippen molar-refractivity contribution in [3.8, 4) is 6.01 Å². The van der Waals surface area contributed by atoms with E-state index in [1.807, 2.05) is 14.1 Å². The van der Waals surface area contributed by atoms with E-state index in [1.165, 1.54) is 6.07 Å². The smallest absolute Gasteiger partial charge is 0.319 e. The van der Waals surface area contributed by atoms with E-state index in [0.717, 1.165) is 32.5 Å². The maximum absolute atomic E-state index is 14.6. The van der Waals surface area contributed by atoms with Crippen LogP contribution in [-0.4, -0.2) is 67.3 Å².